The lowest BCUT2D eigenvalue weighted by Gasteiger charge is -2.11. The van der Waals surface area contributed by atoms with Gasteiger partial charge >= 0.3 is 0 Å². The van der Waals surface area contributed by atoms with E-state index >= 15 is 0 Å². The number of hydrogen-bond donors (Lipinski definition) is 1. The Hall–Kier alpha value is -1.02. The highest BCUT2D eigenvalue weighted by Crippen LogP contribution is 2.31. The fourth-order valence-corrected chi connectivity index (χ4v) is 2.34. The van der Waals surface area contributed by atoms with Crippen LogP contribution in [0, 0.1) is 5.92 Å². The first kappa shape index (κ1) is 10.2. The zero-order valence-corrected chi connectivity index (χ0v) is 9.61. The number of nitrogens with one attached hydrogen (secondary N) is 1. The van der Waals surface area contributed by atoms with Crippen LogP contribution in [0.3, 0.4) is 0 Å². The summed E-state index contributed by atoms with van der Waals surface area (Å²) in [6.45, 7) is 2.14. The van der Waals surface area contributed by atoms with Crippen molar-refractivity contribution in [1.29, 1.82) is 0 Å². The Balaban J connectivity index is 1.41. The summed E-state index contributed by atoms with van der Waals surface area (Å²) in [5, 5.41) is 3.51. The average molecular weight is 217 g/mol. The second-order valence-electron chi connectivity index (χ2n) is 4.99. The lowest BCUT2D eigenvalue weighted by molar-refractivity contribution is 0.227. The minimum Gasteiger partial charge on any atom is -0.488 e. The van der Waals surface area contributed by atoms with Gasteiger partial charge in [-0.05, 0) is 30.5 Å². The Kier molecular flexibility index (Phi) is 2.83. The van der Waals surface area contributed by atoms with Crippen molar-refractivity contribution in [3.63, 3.8) is 0 Å². The largest absolute Gasteiger partial charge is 0.488 e. The predicted octanol–water partition coefficient (Wildman–Crippen LogP) is 2.38. The molecule has 0 radical (unpaired) electrons. The first-order chi connectivity index (χ1) is 7.92. The van der Waals surface area contributed by atoms with E-state index in [1.807, 2.05) is 6.07 Å². The quantitative estimate of drug-likeness (QED) is 0.765. The summed E-state index contributed by atoms with van der Waals surface area (Å²) in [4.78, 5) is 0. The molecule has 1 aliphatic carbocycles. The third kappa shape index (κ3) is 2.38. The van der Waals surface area contributed by atoms with E-state index in [2.05, 4.69) is 23.5 Å². The molecule has 0 aromatic heterocycles. The molecule has 86 valence electrons. The molecule has 0 saturated heterocycles. The van der Waals surface area contributed by atoms with Crippen LogP contribution < -0.4 is 10.1 Å². The van der Waals surface area contributed by atoms with Crippen molar-refractivity contribution in [2.75, 3.05) is 13.1 Å². The van der Waals surface area contributed by atoms with Gasteiger partial charge in [-0.25, -0.2) is 0 Å². The minimum atomic E-state index is 0.344. The van der Waals surface area contributed by atoms with E-state index in [9.17, 15) is 0 Å². The zero-order valence-electron chi connectivity index (χ0n) is 9.61. The third-order valence-electron chi connectivity index (χ3n) is 3.51. The van der Waals surface area contributed by atoms with Gasteiger partial charge in [-0.1, -0.05) is 31.0 Å². The summed E-state index contributed by atoms with van der Waals surface area (Å²) >= 11 is 0. The Labute approximate surface area is 97.0 Å². The molecule has 2 heteroatoms. The molecule has 0 bridgehead atoms. The molecular weight excluding hydrogens is 198 g/mol. The van der Waals surface area contributed by atoms with Crippen LogP contribution in [0.5, 0.6) is 5.75 Å². The summed E-state index contributed by atoms with van der Waals surface area (Å²) in [7, 11) is 0. The molecule has 0 spiro atoms. The summed E-state index contributed by atoms with van der Waals surface area (Å²) < 4.78 is 5.87. The Morgan fingerprint density at radius 3 is 2.94 bits per heavy atom. The number of para-hydroxylation sites is 1. The van der Waals surface area contributed by atoms with E-state index < -0.39 is 0 Å². The van der Waals surface area contributed by atoms with Crippen molar-refractivity contribution in [3.8, 4) is 5.75 Å². The molecule has 0 amide bonds. The van der Waals surface area contributed by atoms with Crippen molar-refractivity contribution in [2.45, 2.75) is 31.8 Å². The first-order valence-electron chi connectivity index (χ1n) is 6.37. The maximum absolute atomic E-state index is 5.87. The number of ether oxygens (including phenoxy) is 1. The molecule has 1 atom stereocenters. The highest BCUT2D eigenvalue weighted by molar-refractivity contribution is 5.37. The van der Waals surface area contributed by atoms with Gasteiger partial charge in [-0.2, -0.15) is 0 Å². The minimum absolute atomic E-state index is 0.344. The van der Waals surface area contributed by atoms with Gasteiger partial charge in [0.25, 0.3) is 0 Å². The smallest absolute Gasteiger partial charge is 0.123 e. The van der Waals surface area contributed by atoms with Gasteiger partial charge in [0.1, 0.15) is 11.9 Å². The van der Waals surface area contributed by atoms with Crippen LogP contribution in [-0.4, -0.2) is 19.2 Å². The Morgan fingerprint density at radius 1 is 1.25 bits per heavy atom. The molecule has 1 saturated carbocycles. The molecule has 1 N–H and O–H groups in total. The summed E-state index contributed by atoms with van der Waals surface area (Å²) in [5.41, 5.74) is 1.36. The molecule has 1 unspecified atom stereocenters. The summed E-state index contributed by atoms with van der Waals surface area (Å²) in [6, 6.07) is 8.37. The number of hydrogen-bond acceptors (Lipinski definition) is 2. The van der Waals surface area contributed by atoms with Crippen LogP contribution >= 0.6 is 0 Å². The fourth-order valence-electron chi connectivity index (χ4n) is 2.34. The van der Waals surface area contributed by atoms with Crippen molar-refractivity contribution >= 4 is 0 Å². The Bertz CT molecular complexity index is 335. The van der Waals surface area contributed by atoms with Gasteiger partial charge in [-0.15, -0.1) is 0 Å². The SMILES string of the molecule is c1ccc2c(c1)CC(CNCCC1CC1)O2. The topological polar surface area (TPSA) is 21.3 Å². The molecule has 1 heterocycles. The van der Waals surface area contributed by atoms with Crippen LogP contribution in [0.1, 0.15) is 24.8 Å². The van der Waals surface area contributed by atoms with E-state index in [1.165, 1.54) is 24.8 Å². The number of benzene rings is 1. The van der Waals surface area contributed by atoms with Crippen molar-refractivity contribution in [2.24, 2.45) is 5.92 Å². The first-order valence-corrected chi connectivity index (χ1v) is 6.37. The lowest BCUT2D eigenvalue weighted by atomic mass is 10.1. The molecule has 1 aromatic carbocycles. The highest BCUT2D eigenvalue weighted by atomic mass is 16.5. The lowest BCUT2D eigenvalue weighted by Crippen LogP contribution is -2.30. The Morgan fingerprint density at radius 2 is 2.12 bits per heavy atom. The average Bonchev–Trinajstić information content (AvgIpc) is 3.03. The molecular formula is C14H19NO. The maximum Gasteiger partial charge on any atom is 0.123 e. The van der Waals surface area contributed by atoms with Gasteiger partial charge in [0.15, 0.2) is 0 Å². The number of fused-ring (bicyclic) bond motifs is 1. The van der Waals surface area contributed by atoms with Crippen molar-refractivity contribution in [1.82, 2.24) is 5.32 Å². The predicted molar refractivity (Wildman–Crippen MR) is 64.8 cm³/mol. The van der Waals surface area contributed by atoms with Crippen LogP contribution in [0.15, 0.2) is 24.3 Å². The van der Waals surface area contributed by atoms with Gasteiger partial charge in [0.2, 0.25) is 0 Å². The van der Waals surface area contributed by atoms with Gasteiger partial charge in [-0.3, -0.25) is 0 Å². The molecule has 2 aliphatic rings. The standard InChI is InChI=1S/C14H19NO/c1-2-4-14-12(3-1)9-13(16-14)10-15-8-7-11-5-6-11/h1-4,11,13,15H,5-10H2. The molecule has 16 heavy (non-hydrogen) atoms. The normalized spacial score (nSPS) is 22.9. The van der Waals surface area contributed by atoms with E-state index in [4.69, 9.17) is 4.74 Å². The van der Waals surface area contributed by atoms with Crippen LogP contribution in [0.25, 0.3) is 0 Å². The fraction of sp³-hybridized carbons (Fsp3) is 0.571. The van der Waals surface area contributed by atoms with Crippen LogP contribution in [0.4, 0.5) is 0 Å². The van der Waals surface area contributed by atoms with Crippen molar-refractivity contribution in [3.05, 3.63) is 29.8 Å². The second kappa shape index (κ2) is 4.46. The van der Waals surface area contributed by atoms with E-state index in [1.54, 1.807) is 0 Å². The van der Waals surface area contributed by atoms with Gasteiger partial charge < -0.3 is 10.1 Å². The zero-order chi connectivity index (χ0) is 10.8. The molecule has 1 aliphatic heterocycles. The monoisotopic (exact) mass is 217 g/mol. The van der Waals surface area contributed by atoms with E-state index in [0.717, 1.165) is 31.2 Å². The van der Waals surface area contributed by atoms with E-state index in [0.29, 0.717) is 6.10 Å². The molecule has 2 nitrogen and oxygen atoms in total. The van der Waals surface area contributed by atoms with E-state index in [-0.39, 0.29) is 0 Å². The molecule has 3 rings (SSSR count). The van der Waals surface area contributed by atoms with Crippen LogP contribution in [-0.2, 0) is 6.42 Å². The summed E-state index contributed by atoms with van der Waals surface area (Å²) in [6.07, 6.45) is 5.66. The third-order valence-corrected chi connectivity index (χ3v) is 3.51. The van der Waals surface area contributed by atoms with Crippen molar-refractivity contribution < 1.29 is 4.74 Å². The molecule has 1 aromatic rings. The number of rotatable bonds is 5. The van der Waals surface area contributed by atoms with Gasteiger partial charge in [0, 0.05) is 13.0 Å². The summed E-state index contributed by atoms with van der Waals surface area (Å²) in [5.74, 6) is 2.10. The van der Waals surface area contributed by atoms with Crippen LogP contribution in [0.2, 0.25) is 0 Å². The van der Waals surface area contributed by atoms with Gasteiger partial charge in [0.05, 0.1) is 0 Å². The molecule has 1 fully saturated rings. The second-order valence-corrected chi connectivity index (χ2v) is 4.99. The highest BCUT2D eigenvalue weighted by Gasteiger charge is 2.23. The maximum atomic E-state index is 5.87.